The molecular weight excluding hydrogens is 334 g/mol. The minimum absolute atomic E-state index is 0.358. The van der Waals surface area contributed by atoms with Crippen LogP contribution >= 0.6 is 0 Å². The Labute approximate surface area is 152 Å². The topological polar surface area (TPSA) is 73.9 Å². The van der Waals surface area contributed by atoms with Crippen LogP contribution in [0, 0.1) is 6.92 Å². The molecular formula is C20H21NO5. The summed E-state index contributed by atoms with van der Waals surface area (Å²) < 4.78 is 15.3. The Bertz CT molecular complexity index is 796. The van der Waals surface area contributed by atoms with Gasteiger partial charge in [0.05, 0.1) is 14.2 Å². The number of anilines is 1. The summed E-state index contributed by atoms with van der Waals surface area (Å²) in [4.78, 5) is 23.5. The largest absolute Gasteiger partial charge is 0.493 e. The highest BCUT2D eigenvalue weighted by Crippen LogP contribution is 2.27. The first-order valence-electron chi connectivity index (χ1n) is 7.95. The number of carbonyl (C=O) groups is 2. The normalized spacial score (nSPS) is 10.4. The first kappa shape index (κ1) is 19.1. The van der Waals surface area contributed by atoms with Crippen LogP contribution in [-0.4, -0.2) is 32.7 Å². The Morgan fingerprint density at radius 3 is 2.35 bits per heavy atom. The maximum atomic E-state index is 11.8. The van der Waals surface area contributed by atoms with Crippen molar-refractivity contribution in [2.75, 3.05) is 26.1 Å². The van der Waals surface area contributed by atoms with Gasteiger partial charge in [-0.1, -0.05) is 23.8 Å². The average molecular weight is 355 g/mol. The number of aryl methyl sites for hydroxylation is 1. The molecule has 6 nitrogen and oxygen atoms in total. The molecule has 0 bridgehead atoms. The van der Waals surface area contributed by atoms with E-state index in [1.54, 1.807) is 43.5 Å². The molecule has 2 aromatic carbocycles. The van der Waals surface area contributed by atoms with Gasteiger partial charge in [-0.15, -0.1) is 0 Å². The minimum atomic E-state index is -0.612. The quantitative estimate of drug-likeness (QED) is 0.610. The average Bonchev–Trinajstić information content (AvgIpc) is 2.66. The maximum Gasteiger partial charge on any atom is 0.331 e. The van der Waals surface area contributed by atoms with Gasteiger partial charge < -0.3 is 19.5 Å². The van der Waals surface area contributed by atoms with Crippen molar-refractivity contribution < 1.29 is 23.8 Å². The number of hydrogen-bond donors (Lipinski definition) is 1. The Morgan fingerprint density at radius 2 is 1.69 bits per heavy atom. The van der Waals surface area contributed by atoms with Crippen LogP contribution in [0.3, 0.4) is 0 Å². The van der Waals surface area contributed by atoms with Gasteiger partial charge in [0.2, 0.25) is 0 Å². The Morgan fingerprint density at radius 1 is 1.00 bits per heavy atom. The number of hydrogen-bond acceptors (Lipinski definition) is 5. The van der Waals surface area contributed by atoms with Crippen LogP contribution < -0.4 is 14.8 Å². The first-order valence-corrected chi connectivity index (χ1v) is 7.95. The van der Waals surface area contributed by atoms with Gasteiger partial charge in [0, 0.05) is 11.8 Å². The minimum Gasteiger partial charge on any atom is -0.493 e. The number of rotatable bonds is 7. The van der Waals surface area contributed by atoms with Crippen molar-refractivity contribution >= 4 is 23.6 Å². The van der Waals surface area contributed by atoms with Crippen molar-refractivity contribution in [2.24, 2.45) is 0 Å². The predicted molar refractivity (Wildman–Crippen MR) is 99.3 cm³/mol. The zero-order chi connectivity index (χ0) is 18.9. The van der Waals surface area contributed by atoms with E-state index in [1.807, 2.05) is 19.1 Å². The lowest BCUT2D eigenvalue weighted by molar-refractivity contribution is -0.142. The summed E-state index contributed by atoms with van der Waals surface area (Å²) in [5, 5.41) is 2.66. The molecule has 26 heavy (non-hydrogen) atoms. The number of carbonyl (C=O) groups excluding carboxylic acids is 2. The van der Waals surface area contributed by atoms with Crippen molar-refractivity contribution in [2.45, 2.75) is 6.92 Å². The summed E-state index contributed by atoms with van der Waals surface area (Å²) in [6.07, 6.45) is 2.82. The van der Waals surface area contributed by atoms with Gasteiger partial charge in [0.1, 0.15) is 0 Å². The number of benzene rings is 2. The number of esters is 1. The molecule has 0 aromatic heterocycles. The van der Waals surface area contributed by atoms with E-state index in [0.717, 1.165) is 11.1 Å². The van der Waals surface area contributed by atoms with Gasteiger partial charge >= 0.3 is 5.97 Å². The van der Waals surface area contributed by atoms with Crippen LogP contribution in [0.15, 0.2) is 48.5 Å². The SMILES string of the molecule is COc1ccc(/C=C/C(=O)OCC(=O)Nc2ccc(C)cc2)cc1OC. The van der Waals surface area contributed by atoms with Gasteiger partial charge in [-0.25, -0.2) is 4.79 Å². The molecule has 0 saturated carbocycles. The standard InChI is InChI=1S/C20H21NO5/c1-14-4-8-16(9-5-14)21-19(22)13-26-20(23)11-7-15-6-10-17(24-2)18(12-15)25-3/h4-12H,13H2,1-3H3,(H,21,22)/b11-7+. The second-order valence-electron chi connectivity index (χ2n) is 5.47. The zero-order valence-electron chi connectivity index (χ0n) is 14.9. The van der Waals surface area contributed by atoms with E-state index >= 15 is 0 Å². The van der Waals surface area contributed by atoms with Gasteiger partial charge in [0.25, 0.3) is 5.91 Å². The maximum absolute atomic E-state index is 11.8. The van der Waals surface area contributed by atoms with E-state index in [2.05, 4.69) is 5.32 Å². The highest BCUT2D eigenvalue weighted by molar-refractivity contribution is 5.94. The number of ether oxygens (including phenoxy) is 3. The fourth-order valence-corrected chi connectivity index (χ4v) is 2.14. The van der Waals surface area contributed by atoms with Gasteiger partial charge in [-0.3, -0.25) is 4.79 Å². The molecule has 6 heteroatoms. The second kappa shape index (κ2) is 9.27. The summed E-state index contributed by atoms with van der Waals surface area (Å²) in [5.74, 6) is 0.140. The number of amides is 1. The Hall–Kier alpha value is -3.28. The molecule has 0 atom stereocenters. The molecule has 0 aliphatic heterocycles. The molecule has 0 radical (unpaired) electrons. The van der Waals surface area contributed by atoms with Crippen molar-refractivity contribution in [3.63, 3.8) is 0 Å². The Balaban J connectivity index is 1.85. The highest BCUT2D eigenvalue weighted by Gasteiger charge is 2.06. The number of nitrogens with one attached hydrogen (secondary N) is 1. The molecule has 1 N–H and O–H groups in total. The monoisotopic (exact) mass is 355 g/mol. The van der Waals surface area contributed by atoms with Gasteiger partial charge in [0.15, 0.2) is 18.1 Å². The molecule has 0 unspecified atom stereocenters. The lowest BCUT2D eigenvalue weighted by Gasteiger charge is -2.07. The summed E-state index contributed by atoms with van der Waals surface area (Å²) in [7, 11) is 3.08. The summed E-state index contributed by atoms with van der Waals surface area (Å²) >= 11 is 0. The lowest BCUT2D eigenvalue weighted by atomic mass is 10.2. The molecule has 1 amide bonds. The fourth-order valence-electron chi connectivity index (χ4n) is 2.14. The summed E-state index contributed by atoms with van der Waals surface area (Å²) in [6.45, 7) is 1.60. The molecule has 2 aromatic rings. The summed E-state index contributed by atoms with van der Waals surface area (Å²) in [6, 6.07) is 12.6. The van der Waals surface area contributed by atoms with Crippen molar-refractivity contribution in [1.29, 1.82) is 0 Å². The van der Waals surface area contributed by atoms with Crippen LogP contribution in [0.25, 0.3) is 6.08 Å². The third-order valence-electron chi connectivity index (χ3n) is 3.50. The van der Waals surface area contributed by atoms with Crippen LogP contribution in [-0.2, 0) is 14.3 Å². The molecule has 2 rings (SSSR count). The van der Waals surface area contributed by atoms with E-state index < -0.39 is 11.9 Å². The molecule has 0 fully saturated rings. The van der Waals surface area contributed by atoms with Crippen LogP contribution in [0.4, 0.5) is 5.69 Å². The highest BCUT2D eigenvalue weighted by atomic mass is 16.5. The molecule has 0 heterocycles. The Kier molecular flexibility index (Phi) is 6.79. The molecule has 136 valence electrons. The van der Waals surface area contributed by atoms with E-state index in [4.69, 9.17) is 14.2 Å². The van der Waals surface area contributed by atoms with Gasteiger partial charge in [-0.05, 0) is 42.8 Å². The van der Waals surface area contributed by atoms with Crippen molar-refractivity contribution in [1.82, 2.24) is 0 Å². The third kappa shape index (κ3) is 5.66. The lowest BCUT2D eigenvalue weighted by Crippen LogP contribution is -2.20. The summed E-state index contributed by atoms with van der Waals surface area (Å²) in [5.41, 5.74) is 2.48. The van der Waals surface area contributed by atoms with E-state index in [0.29, 0.717) is 17.2 Å². The van der Waals surface area contributed by atoms with Gasteiger partial charge in [-0.2, -0.15) is 0 Å². The van der Waals surface area contributed by atoms with E-state index in [-0.39, 0.29) is 6.61 Å². The third-order valence-corrected chi connectivity index (χ3v) is 3.50. The van der Waals surface area contributed by atoms with Crippen LogP contribution in [0.5, 0.6) is 11.5 Å². The smallest absolute Gasteiger partial charge is 0.331 e. The molecule has 0 saturated heterocycles. The first-order chi connectivity index (χ1) is 12.5. The second-order valence-corrected chi connectivity index (χ2v) is 5.47. The zero-order valence-corrected chi connectivity index (χ0v) is 14.9. The van der Waals surface area contributed by atoms with Crippen LogP contribution in [0.1, 0.15) is 11.1 Å². The fraction of sp³-hybridized carbons (Fsp3) is 0.200. The number of methoxy groups -OCH3 is 2. The van der Waals surface area contributed by atoms with E-state index in [1.165, 1.54) is 13.2 Å². The molecule has 0 aliphatic carbocycles. The van der Waals surface area contributed by atoms with Crippen LogP contribution in [0.2, 0.25) is 0 Å². The van der Waals surface area contributed by atoms with Crippen molar-refractivity contribution in [3.05, 3.63) is 59.7 Å². The predicted octanol–water partition coefficient (Wildman–Crippen LogP) is 3.21. The van der Waals surface area contributed by atoms with E-state index in [9.17, 15) is 9.59 Å². The molecule has 0 spiro atoms. The molecule has 0 aliphatic rings. The van der Waals surface area contributed by atoms with Crippen molar-refractivity contribution in [3.8, 4) is 11.5 Å².